The first-order valence-corrected chi connectivity index (χ1v) is 15.8. The fourth-order valence-electron chi connectivity index (χ4n) is 5.49. The van der Waals surface area contributed by atoms with Gasteiger partial charge in [0.25, 0.3) is 0 Å². The molecule has 0 bridgehead atoms. The summed E-state index contributed by atoms with van der Waals surface area (Å²) in [5.41, 5.74) is 6.17. The van der Waals surface area contributed by atoms with Crippen molar-refractivity contribution in [3.8, 4) is 0 Å². The van der Waals surface area contributed by atoms with Gasteiger partial charge in [0.15, 0.2) is 0 Å². The Labute approximate surface area is 215 Å². The van der Waals surface area contributed by atoms with Crippen LogP contribution in [-0.2, 0) is 6.42 Å². The van der Waals surface area contributed by atoms with Gasteiger partial charge in [0.2, 0.25) is 0 Å². The summed E-state index contributed by atoms with van der Waals surface area (Å²) in [6.07, 6.45) is 26.8. The van der Waals surface area contributed by atoms with Crippen LogP contribution in [0.25, 0.3) is 0 Å². The number of unbranched alkanes of at least 4 members (excludes halogenated alkanes) is 15. The monoisotopic (exact) mass is 478 g/mol. The van der Waals surface area contributed by atoms with Crippen LogP contribution in [0.1, 0.15) is 142 Å². The molecular formula is C33H54Si. The molecule has 1 aromatic carbocycles. The lowest BCUT2D eigenvalue weighted by molar-refractivity contribution is 0.529. The molecule has 34 heavy (non-hydrogen) atoms. The van der Waals surface area contributed by atoms with Crippen LogP contribution >= 0.6 is 0 Å². The molecule has 2 radical (unpaired) electrons. The molecule has 0 aromatic heterocycles. The molecule has 0 saturated carbocycles. The van der Waals surface area contributed by atoms with E-state index in [-0.39, 0.29) is 0 Å². The molecule has 1 unspecified atom stereocenters. The number of aryl methyl sites for hydroxylation is 1. The second-order valence-corrected chi connectivity index (χ2v) is 12.3. The first-order chi connectivity index (χ1) is 16.5. The first-order valence-electron chi connectivity index (χ1n) is 14.8. The lowest BCUT2D eigenvalue weighted by atomic mass is 10.0. The average molecular weight is 479 g/mol. The van der Waals surface area contributed by atoms with Crippen LogP contribution in [0.2, 0.25) is 0 Å². The van der Waals surface area contributed by atoms with Gasteiger partial charge in [-0.1, -0.05) is 156 Å². The largest absolute Gasteiger partial charge is 0.117 e. The highest BCUT2D eigenvalue weighted by Gasteiger charge is 2.20. The van der Waals surface area contributed by atoms with E-state index in [0.717, 1.165) is 9.52 Å². The summed E-state index contributed by atoms with van der Waals surface area (Å²) < 4.78 is 0. The lowest BCUT2D eigenvalue weighted by Gasteiger charge is -2.16. The Balaban J connectivity index is 1.54. The maximum atomic E-state index is 2.45. The van der Waals surface area contributed by atoms with Gasteiger partial charge in [-0.2, -0.15) is 0 Å². The zero-order valence-electron chi connectivity index (χ0n) is 23.4. The van der Waals surface area contributed by atoms with E-state index in [4.69, 9.17) is 0 Å². The van der Waals surface area contributed by atoms with Gasteiger partial charge in [-0.25, -0.2) is 0 Å². The quantitative estimate of drug-likeness (QED) is 0.137. The van der Waals surface area contributed by atoms with Crippen molar-refractivity contribution in [1.82, 2.24) is 0 Å². The maximum absolute atomic E-state index is 2.45. The van der Waals surface area contributed by atoms with Crippen LogP contribution in [-0.4, -0.2) is 9.52 Å². The van der Waals surface area contributed by atoms with Crippen LogP contribution in [0.4, 0.5) is 0 Å². The normalized spacial score (nSPS) is 15.9. The van der Waals surface area contributed by atoms with Crippen LogP contribution in [0.3, 0.4) is 0 Å². The number of rotatable bonds is 19. The maximum Gasteiger partial charge on any atom is 0.117 e. The summed E-state index contributed by atoms with van der Waals surface area (Å²) in [6.45, 7) is 11.6. The van der Waals surface area contributed by atoms with Crippen LogP contribution < -0.4 is 5.19 Å². The van der Waals surface area contributed by atoms with Crippen LogP contribution in [0, 0.1) is 12.8 Å². The van der Waals surface area contributed by atoms with Gasteiger partial charge in [0.05, 0.1) is 0 Å². The van der Waals surface area contributed by atoms with Gasteiger partial charge in [0.1, 0.15) is 9.52 Å². The SMILES string of the molecule is CCCCCCCCCCCCCCCCCCc1c(C)cccc1[Si]C1=C(C)C(C)=CC1C. The molecule has 2 rings (SSSR count). The molecule has 0 heterocycles. The van der Waals surface area contributed by atoms with Gasteiger partial charge in [-0.05, 0) is 50.7 Å². The lowest BCUT2D eigenvalue weighted by Crippen LogP contribution is -2.24. The molecule has 0 saturated heterocycles. The molecule has 1 aliphatic rings. The Morgan fingerprint density at radius 1 is 0.676 bits per heavy atom. The number of benzene rings is 1. The highest BCUT2D eigenvalue weighted by atomic mass is 28.2. The third-order valence-corrected chi connectivity index (χ3v) is 9.75. The van der Waals surface area contributed by atoms with Crippen molar-refractivity contribution in [2.24, 2.45) is 5.92 Å². The highest BCUT2D eigenvalue weighted by Crippen LogP contribution is 2.29. The Morgan fingerprint density at radius 2 is 1.18 bits per heavy atom. The van der Waals surface area contributed by atoms with Crippen molar-refractivity contribution >= 4 is 14.7 Å². The molecule has 190 valence electrons. The fraction of sp³-hybridized carbons (Fsp3) is 0.697. The number of hydrogen-bond acceptors (Lipinski definition) is 0. The molecular weight excluding hydrogens is 424 g/mol. The number of hydrogen-bond donors (Lipinski definition) is 0. The molecule has 0 amide bonds. The van der Waals surface area contributed by atoms with Crippen molar-refractivity contribution in [3.05, 3.63) is 51.7 Å². The molecule has 1 aromatic rings. The summed E-state index contributed by atoms with van der Waals surface area (Å²) >= 11 is 0. The van der Waals surface area contributed by atoms with Gasteiger partial charge >= 0.3 is 0 Å². The molecule has 0 aliphatic heterocycles. The van der Waals surface area contributed by atoms with Crippen molar-refractivity contribution in [3.63, 3.8) is 0 Å². The minimum Gasteiger partial charge on any atom is -0.0748 e. The molecule has 1 heteroatoms. The summed E-state index contributed by atoms with van der Waals surface area (Å²) in [4.78, 5) is 0. The minimum atomic E-state index is 0.613. The summed E-state index contributed by atoms with van der Waals surface area (Å²) in [5.74, 6) is 0.613. The first kappa shape index (κ1) is 29.1. The Bertz CT molecular complexity index is 754. The molecule has 1 atom stereocenters. The standard InChI is InChI=1S/C33H54Si/c1-6-7-8-9-10-11-12-13-14-15-16-17-18-19-20-21-24-31-27(2)23-22-25-32(31)34-33-29(4)26-28(3)30(33)5/h22-23,25-26,29H,6-21,24H2,1-5H3. The predicted octanol–water partition coefficient (Wildman–Crippen LogP) is 10.00. The minimum absolute atomic E-state index is 0.613. The van der Waals surface area contributed by atoms with E-state index in [1.807, 2.05) is 0 Å². The fourth-order valence-corrected chi connectivity index (χ4v) is 7.13. The van der Waals surface area contributed by atoms with E-state index in [2.05, 4.69) is 58.9 Å². The Morgan fingerprint density at radius 3 is 1.65 bits per heavy atom. The Kier molecular flexibility index (Phi) is 14.9. The van der Waals surface area contributed by atoms with Gasteiger partial charge in [-0.3, -0.25) is 0 Å². The van der Waals surface area contributed by atoms with Crippen LogP contribution in [0.15, 0.2) is 40.6 Å². The van der Waals surface area contributed by atoms with E-state index in [1.165, 1.54) is 120 Å². The van der Waals surface area contributed by atoms with E-state index >= 15 is 0 Å². The van der Waals surface area contributed by atoms with Gasteiger partial charge in [0, 0.05) is 0 Å². The van der Waals surface area contributed by atoms with Crippen molar-refractivity contribution in [1.29, 1.82) is 0 Å². The highest BCUT2D eigenvalue weighted by molar-refractivity contribution is 6.62. The number of allylic oxidation sites excluding steroid dienone is 4. The van der Waals surface area contributed by atoms with E-state index < -0.39 is 0 Å². The third-order valence-electron chi connectivity index (χ3n) is 7.91. The van der Waals surface area contributed by atoms with Crippen LogP contribution in [0.5, 0.6) is 0 Å². The van der Waals surface area contributed by atoms with Crippen molar-refractivity contribution < 1.29 is 0 Å². The molecule has 1 aliphatic carbocycles. The van der Waals surface area contributed by atoms with Crippen molar-refractivity contribution in [2.75, 3.05) is 0 Å². The average Bonchev–Trinajstić information content (AvgIpc) is 3.06. The summed E-state index contributed by atoms with van der Waals surface area (Å²) in [7, 11) is 0.838. The topological polar surface area (TPSA) is 0 Å². The Hall–Kier alpha value is -1.08. The second-order valence-electron chi connectivity index (χ2n) is 11.0. The van der Waals surface area contributed by atoms with E-state index in [0.29, 0.717) is 5.92 Å². The second kappa shape index (κ2) is 17.4. The smallest absolute Gasteiger partial charge is 0.0748 e. The predicted molar refractivity (Wildman–Crippen MR) is 155 cm³/mol. The van der Waals surface area contributed by atoms with Gasteiger partial charge in [-0.15, -0.1) is 0 Å². The summed E-state index contributed by atoms with van der Waals surface area (Å²) in [5, 5.41) is 3.27. The molecule has 0 fully saturated rings. The van der Waals surface area contributed by atoms with E-state index in [1.54, 1.807) is 21.5 Å². The zero-order chi connectivity index (χ0) is 24.6. The van der Waals surface area contributed by atoms with Crippen molar-refractivity contribution in [2.45, 2.75) is 144 Å². The zero-order valence-corrected chi connectivity index (χ0v) is 24.4. The molecule has 0 spiro atoms. The van der Waals surface area contributed by atoms with Gasteiger partial charge < -0.3 is 0 Å². The molecule has 0 N–H and O–H groups in total. The molecule has 0 nitrogen and oxygen atoms in total. The van der Waals surface area contributed by atoms with E-state index in [9.17, 15) is 0 Å². The summed E-state index contributed by atoms with van der Waals surface area (Å²) in [6, 6.07) is 6.98. The third kappa shape index (κ3) is 10.7.